The quantitative estimate of drug-likeness (QED) is 0.866. The monoisotopic (exact) mass is 238 g/mol. The molecule has 0 bridgehead atoms. The summed E-state index contributed by atoms with van der Waals surface area (Å²) in [5, 5.41) is 2.58. The molecule has 92 valence electrons. The zero-order chi connectivity index (χ0) is 12.8. The largest absolute Gasteiger partial charge is 0.336 e. The molecular weight excluding hydrogens is 223 g/mol. The first-order chi connectivity index (χ1) is 8.02. The van der Waals surface area contributed by atoms with Gasteiger partial charge in [0.1, 0.15) is 5.82 Å². The second-order valence-electron chi connectivity index (χ2n) is 3.66. The molecular formula is C12H15FN2O2. The van der Waals surface area contributed by atoms with E-state index in [0.717, 1.165) is 0 Å². The predicted molar refractivity (Wildman–Crippen MR) is 63.0 cm³/mol. The van der Waals surface area contributed by atoms with Gasteiger partial charge in [-0.2, -0.15) is 0 Å². The lowest BCUT2D eigenvalue weighted by molar-refractivity contribution is -0.133. The number of anilines is 1. The first kappa shape index (κ1) is 13.2. The summed E-state index contributed by atoms with van der Waals surface area (Å²) in [5.41, 5.74) is 0.508. The van der Waals surface area contributed by atoms with E-state index < -0.39 is 0 Å². The number of likely N-dealkylation sites (N-methyl/N-ethyl adjacent to an activating group) is 1. The van der Waals surface area contributed by atoms with Crippen LogP contribution in [0.2, 0.25) is 0 Å². The lowest BCUT2D eigenvalue weighted by Gasteiger charge is -2.15. The highest BCUT2D eigenvalue weighted by Crippen LogP contribution is 2.08. The lowest BCUT2D eigenvalue weighted by Crippen LogP contribution is -2.34. The van der Waals surface area contributed by atoms with Gasteiger partial charge in [0.05, 0.1) is 6.54 Å². The predicted octanol–water partition coefficient (Wildman–Crippen LogP) is 1.63. The molecule has 0 radical (unpaired) electrons. The van der Waals surface area contributed by atoms with Gasteiger partial charge in [-0.05, 0) is 24.3 Å². The van der Waals surface area contributed by atoms with Crippen molar-refractivity contribution in [2.45, 2.75) is 13.3 Å². The second kappa shape index (κ2) is 5.98. The highest BCUT2D eigenvalue weighted by atomic mass is 19.1. The Morgan fingerprint density at radius 1 is 1.29 bits per heavy atom. The summed E-state index contributed by atoms with van der Waals surface area (Å²) in [7, 11) is 1.57. The molecule has 4 nitrogen and oxygen atoms in total. The normalized spacial score (nSPS) is 9.82. The summed E-state index contributed by atoms with van der Waals surface area (Å²) in [5.74, 6) is -0.763. The van der Waals surface area contributed by atoms with Gasteiger partial charge in [0.15, 0.2) is 0 Å². The molecule has 0 aromatic heterocycles. The van der Waals surface area contributed by atoms with Crippen LogP contribution in [0.25, 0.3) is 0 Å². The van der Waals surface area contributed by atoms with Gasteiger partial charge in [0.25, 0.3) is 0 Å². The fourth-order valence-corrected chi connectivity index (χ4v) is 1.31. The van der Waals surface area contributed by atoms with Gasteiger partial charge in [-0.15, -0.1) is 0 Å². The molecule has 1 aromatic rings. The molecule has 1 rings (SSSR count). The van der Waals surface area contributed by atoms with Crippen molar-refractivity contribution in [1.29, 1.82) is 0 Å². The molecule has 0 heterocycles. The molecule has 0 saturated carbocycles. The van der Waals surface area contributed by atoms with E-state index >= 15 is 0 Å². The number of rotatable bonds is 4. The highest BCUT2D eigenvalue weighted by molar-refractivity contribution is 5.94. The number of amides is 2. The van der Waals surface area contributed by atoms with Crippen LogP contribution < -0.4 is 5.32 Å². The third-order valence-corrected chi connectivity index (χ3v) is 2.24. The van der Waals surface area contributed by atoms with Gasteiger partial charge in [0, 0.05) is 19.2 Å². The fourth-order valence-electron chi connectivity index (χ4n) is 1.31. The highest BCUT2D eigenvalue weighted by Gasteiger charge is 2.10. The fraction of sp³-hybridized carbons (Fsp3) is 0.333. The first-order valence-electron chi connectivity index (χ1n) is 5.32. The number of carbonyl (C=O) groups is 2. The average molecular weight is 238 g/mol. The van der Waals surface area contributed by atoms with E-state index in [9.17, 15) is 14.0 Å². The molecule has 2 amide bonds. The third kappa shape index (κ3) is 4.22. The number of carbonyl (C=O) groups excluding carboxylic acids is 2. The summed E-state index contributed by atoms with van der Waals surface area (Å²) in [6.45, 7) is 1.72. The van der Waals surface area contributed by atoms with Crippen molar-refractivity contribution in [3.63, 3.8) is 0 Å². The topological polar surface area (TPSA) is 49.4 Å². The van der Waals surface area contributed by atoms with Crippen molar-refractivity contribution in [2.24, 2.45) is 0 Å². The Labute approximate surface area is 99.4 Å². The summed E-state index contributed by atoms with van der Waals surface area (Å²) >= 11 is 0. The number of nitrogens with zero attached hydrogens (tertiary/aromatic N) is 1. The van der Waals surface area contributed by atoms with E-state index in [1.54, 1.807) is 14.0 Å². The van der Waals surface area contributed by atoms with Crippen LogP contribution in [0.4, 0.5) is 10.1 Å². The molecule has 1 aromatic carbocycles. The summed E-state index contributed by atoms with van der Waals surface area (Å²) in [6, 6.07) is 5.46. The molecule has 0 atom stereocenters. The molecule has 1 N–H and O–H groups in total. The number of halogens is 1. The van der Waals surface area contributed by atoms with E-state index in [1.165, 1.54) is 29.2 Å². The van der Waals surface area contributed by atoms with E-state index in [4.69, 9.17) is 0 Å². The molecule has 0 aliphatic carbocycles. The molecule has 0 saturated heterocycles. The van der Waals surface area contributed by atoms with Crippen LogP contribution in [-0.2, 0) is 9.59 Å². The minimum Gasteiger partial charge on any atom is -0.336 e. The maximum Gasteiger partial charge on any atom is 0.243 e. The van der Waals surface area contributed by atoms with Crippen molar-refractivity contribution in [3.8, 4) is 0 Å². The van der Waals surface area contributed by atoms with E-state index in [1.807, 2.05) is 0 Å². The molecule has 0 fully saturated rings. The van der Waals surface area contributed by atoms with Crippen molar-refractivity contribution >= 4 is 17.5 Å². The van der Waals surface area contributed by atoms with Crippen molar-refractivity contribution in [2.75, 3.05) is 18.9 Å². The van der Waals surface area contributed by atoms with E-state index in [0.29, 0.717) is 12.1 Å². The number of nitrogens with one attached hydrogen (secondary N) is 1. The number of hydrogen-bond acceptors (Lipinski definition) is 2. The van der Waals surface area contributed by atoms with Crippen LogP contribution in [-0.4, -0.2) is 30.3 Å². The summed E-state index contributed by atoms with van der Waals surface area (Å²) < 4.78 is 12.6. The zero-order valence-electron chi connectivity index (χ0n) is 9.87. The van der Waals surface area contributed by atoms with Crippen LogP contribution in [0.3, 0.4) is 0 Å². The van der Waals surface area contributed by atoms with Crippen LogP contribution in [0.15, 0.2) is 24.3 Å². The van der Waals surface area contributed by atoms with Crippen LogP contribution in [0.1, 0.15) is 13.3 Å². The van der Waals surface area contributed by atoms with Crippen LogP contribution in [0.5, 0.6) is 0 Å². The summed E-state index contributed by atoms with van der Waals surface area (Å²) in [4.78, 5) is 24.1. The Morgan fingerprint density at radius 2 is 1.88 bits per heavy atom. The smallest absolute Gasteiger partial charge is 0.243 e. The lowest BCUT2D eigenvalue weighted by atomic mass is 10.3. The SMILES string of the molecule is CCC(=O)N(C)CC(=O)Nc1ccc(F)cc1. The van der Waals surface area contributed by atoms with Crippen LogP contribution >= 0.6 is 0 Å². The third-order valence-electron chi connectivity index (χ3n) is 2.24. The van der Waals surface area contributed by atoms with Gasteiger partial charge < -0.3 is 10.2 Å². The maximum absolute atomic E-state index is 12.6. The first-order valence-corrected chi connectivity index (χ1v) is 5.32. The standard InChI is InChI=1S/C12H15FN2O2/c1-3-12(17)15(2)8-11(16)14-10-6-4-9(13)5-7-10/h4-7H,3,8H2,1-2H3,(H,14,16). The van der Waals surface area contributed by atoms with Gasteiger partial charge in [0.2, 0.25) is 11.8 Å². The zero-order valence-corrected chi connectivity index (χ0v) is 9.87. The van der Waals surface area contributed by atoms with Gasteiger partial charge in [-0.25, -0.2) is 4.39 Å². The average Bonchev–Trinajstić information content (AvgIpc) is 2.30. The Hall–Kier alpha value is -1.91. The molecule has 0 spiro atoms. The van der Waals surface area contributed by atoms with Gasteiger partial charge in [-0.3, -0.25) is 9.59 Å². The molecule has 5 heteroatoms. The van der Waals surface area contributed by atoms with Crippen molar-refractivity contribution in [1.82, 2.24) is 4.90 Å². The van der Waals surface area contributed by atoms with Gasteiger partial charge in [-0.1, -0.05) is 6.92 Å². The Morgan fingerprint density at radius 3 is 2.41 bits per heavy atom. The van der Waals surface area contributed by atoms with E-state index in [2.05, 4.69) is 5.32 Å². The Kier molecular flexibility index (Phi) is 4.63. The van der Waals surface area contributed by atoms with Crippen LogP contribution in [0, 0.1) is 5.82 Å². The number of hydrogen-bond donors (Lipinski definition) is 1. The van der Waals surface area contributed by atoms with E-state index in [-0.39, 0.29) is 24.2 Å². The molecule has 0 unspecified atom stereocenters. The number of benzene rings is 1. The second-order valence-corrected chi connectivity index (χ2v) is 3.66. The Bertz CT molecular complexity index is 403. The molecule has 0 aliphatic rings. The van der Waals surface area contributed by atoms with Crippen molar-refractivity contribution < 1.29 is 14.0 Å². The van der Waals surface area contributed by atoms with Gasteiger partial charge >= 0.3 is 0 Å². The minimum atomic E-state index is -0.360. The molecule has 0 aliphatic heterocycles. The maximum atomic E-state index is 12.6. The van der Waals surface area contributed by atoms with Crippen molar-refractivity contribution in [3.05, 3.63) is 30.1 Å². The molecule has 17 heavy (non-hydrogen) atoms. The Balaban J connectivity index is 2.50. The summed E-state index contributed by atoms with van der Waals surface area (Å²) in [6.07, 6.45) is 0.361. The minimum absolute atomic E-state index is 0.00987.